The molecule has 184 valence electrons. The van der Waals surface area contributed by atoms with Gasteiger partial charge in [-0.25, -0.2) is 0 Å². The van der Waals surface area contributed by atoms with Gasteiger partial charge in [-0.05, 0) is 31.2 Å². The highest BCUT2D eigenvalue weighted by atomic mass is 35.5. The number of halogens is 2. The standard InChI is InChI=1S/C24H19Cl2N5O5/c1-13-23(35)19(32)6-7-30(13)11-21(34)28-29-22-17-4-2-3-5-18(17)31(24(22)36)12-20(33)27-16-9-14(25)8-15(26)10-16/h2-10,35-36H,11-12H2,1H3,(H,27,33). The van der Waals surface area contributed by atoms with Crippen LogP contribution in [-0.4, -0.2) is 31.2 Å². The maximum absolute atomic E-state index is 12.7. The number of aromatic nitrogens is 2. The number of benzene rings is 2. The number of hydrogen-bond donors (Lipinski definition) is 3. The number of fused-ring (bicyclic) bond motifs is 1. The molecule has 0 aliphatic carbocycles. The molecule has 4 aromatic rings. The van der Waals surface area contributed by atoms with Crippen LogP contribution in [0.5, 0.6) is 11.6 Å². The van der Waals surface area contributed by atoms with Crippen LogP contribution in [0.25, 0.3) is 10.9 Å². The molecule has 2 aromatic heterocycles. The molecule has 0 saturated heterocycles. The van der Waals surface area contributed by atoms with E-state index < -0.39 is 23.0 Å². The number of carbonyl (C=O) groups is 2. The number of hydrogen-bond acceptors (Lipinski definition) is 6. The monoisotopic (exact) mass is 527 g/mol. The number of pyridine rings is 1. The fourth-order valence-corrected chi connectivity index (χ4v) is 4.14. The van der Waals surface area contributed by atoms with E-state index >= 15 is 0 Å². The van der Waals surface area contributed by atoms with E-state index in [0.29, 0.717) is 26.6 Å². The van der Waals surface area contributed by atoms with Crippen molar-refractivity contribution < 1.29 is 19.8 Å². The van der Waals surface area contributed by atoms with E-state index in [1.165, 1.54) is 40.5 Å². The third-order valence-electron chi connectivity index (χ3n) is 5.35. The van der Waals surface area contributed by atoms with Crippen molar-refractivity contribution in [2.24, 2.45) is 10.2 Å². The summed E-state index contributed by atoms with van der Waals surface area (Å²) in [6, 6.07) is 12.5. The Bertz CT molecular complexity index is 1570. The predicted octanol–water partition coefficient (Wildman–Crippen LogP) is 4.78. The SMILES string of the molecule is Cc1c(O)c(=O)ccn1CC(=O)N=Nc1c(O)n(CC(=O)Nc2cc(Cl)cc(Cl)c2)c2ccccc12. The minimum atomic E-state index is -0.687. The van der Waals surface area contributed by atoms with Crippen molar-refractivity contribution >= 4 is 57.3 Å². The number of rotatable bonds is 6. The Labute approximate surface area is 214 Å². The van der Waals surface area contributed by atoms with Crippen LogP contribution in [0.4, 0.5) is 11.4 Å². The van der Waals surface area contributed by atoms with Gasteiger partial charge in [0.15, 0.2) is 11.4 Å². The van der Waals surface area contributed by atoms with Crippen molar-refractivity contribution in [3.8, 4) is 11.6 Å². The Morgan fingerprint density at radius 3 is 2.44 bits per heavy atom. The molecule has 0 saturated carbocycles. The highest BCUT2D eigenvalue weighted by molar-refractivity contribution is 6.35. The number of aromatic hydroxyl groups is 2. The lowest BCUT2D eigenvalue weighted by Crippen LogP contribution is -2.18. The molecule has 36 heavy (non-hydrogen) atoms. The summed E-state index contributed by atoms with van der Waals surface area (Å²) >= 11 is 12.0. The molecular weight excluding hydrogens is 509 g/mol. The lowest BCUT2D eigenvalue weighted by atomic mass is 10.2. The van der Waals surface area contributed by atoms with E-state index in [-0.39, 0.29) is 30.4 Å². The van der Waals surface area contributed by atoms with E-state index in [4.69, 9.17) is 23.2 Å². The fourth-order valence-electron chi connectivity index (χ4n) is 3.62. The molecule has 2 aromatic carbocycles. The van der Waals surface area contributed by atoms with Crippen LogP contribution in [-0.2, 0) is 22.7 Å². The Hall–Kier alpha value is -4.15. The summed E-state index contributed by atoms with van der Waals surface area (Å²) in [5, 5.41) is 32.1. The van der Waals surface area contributed by atoms with Gasteiger partial charge in [-0.1, -0.05) is 41.4 Å². The zero-order valence-electron chi connectivity index (χ0n) is 18.8. The molecule has 0 aliphatic heterocycles. The van der Waals surface area contributed by atoms with Crippen LogP contribution in [0.1, 0.15) is 5.69 Å². The van der Waals surface area contributed by atoms with Gasteiger partial charge in [0, 0.05) is 33.4 Å². The maximum Gasteiger partial charge on any atom is 0.284 e. The zero-order chi connectivity index (χ0) is 26.0. The third kappa shape index (κ3) is 5.24. The molecule has 3 N–H and O–H groups in total. The summed E-state index contributed by atoms with van der Waals surface area (Å²) in [6.07, 6.45) is 1.36. The normalized spacial score (nSPS) is 11.3. The molecule has 10 nitrogen and oxygen atoms in total. The van der Waals surface area contributed by atoms with Crippen LogP contribution < -0.4 is 10.7 Å². The first-order valence-corrected chi connectivity index (χ1v) is 11.3. The first-order chi connectivity index (χ1) is 17.1. The van der Waals surface area contributed by atoms with Gasteiger partial charge in [-0.3, -0.25) is 14.4 Å². The molecule has 0 radical (unpaired) electrons. The Morgan fingerprint density at radius 2 is 1.72 bits per heavy atom. The largest absolute Gasteiger partial charge is 0.503 e. The minimum absolute atomic E-state index is 0.0111. The van der Waals surface area contributed by atoms with Gasteiger partial charge in [0.05, 0.1) is 11.2 Å². The molecule has 0 spiro atoms. The second-order valence-electron chi connectivity index (χ2n) is 7.82. The summed E-state index contributed by atoms with van der Waals surface area (Å²) < 4.78 is 2.69. The first-order valence-electron chi connectivity index (χ1n) is 10.5. The number of anilines is 1. The van der Waals surface area contributed by atoms with Crippen molar-refractivity contribution in [2.45, 2.75) is 20.0 Å². The molecule has 4 rings (SSSR count). The summed E-state index contributed by atoms with van der Waals surface area (Å²) in [5.74, 6) is -1.96. The Morgan fingerprint density at radius 1 is 1.03 bits per heavy atom. The van der Waals surface area contributed by atoms with E-state index in [2.05, 4.69) is 15.5 Å². The second kappa shape index (κ2) is 10.2. The number of nitrogens with zero attached hydrogens (tertiary/aromatic N) is 4. The summed E-state index contributed by atoms with van der Waals surface area (Å²) in [7, 11) is 0. The first kappa shape index (κ1) is 25.0. The van der Waals surface area contributed by atoms with Crippen molar-refractivity contribution in [2.75, 3.05) is 5.32 Å². The number of amides is 2. The van der Waals surface area contributed by atoms with E-state index in [9.17, 15) is 24.6 Å². The molecular formula is C24H19Cl2N5O5. The molecule has 0 unspecified atom stereocenters. The highest BCUT2D eigenvalue weighted by Gasteiger charge is 2.19. The smallest absolute Gasteiger partial charge is 0.284 e. The molecule has 0 bridgehead atoms. The van der Waals surface area contributed by atoms with Crippen LogP contribution in [0.2, 0.25) is 10.0 Å². The average molecular weight is 528 g/mol. The molecule has 0 aliphatic rings. The summed E-state index contributed by atoms with van der Waals surface area (Å²) in [4.78, 5) is 36.6. The molecule has 2 heterocycles. The van der Waals surface area contributed by atoms with Gasteiger partial charge in [0.25, 0.3) is 5.91 Å². The average Bonchev–Trinajstić information content (AvgIpc) is 3.08. The maximum atomic E-state index is 12.7. The predicted molar refractivity (Wildman–Crippen MR) is 135 cm³/mol. The highest BCUT2D eigenvalue weighted by Crippen LogP contribution is 2.38. The molecule has 0 fully saturated rings. The zero-order valence-corrected chi connectivity index (χ0v) is 20.3. The van der Waals surface area contributed by atoms with Crippen LogP contribution in [0.15, 0.2) is 69.8 Å². The van der Waals surface area contributed by atoms with Crippen molar-refractivity contribution in [1.29, 1.82) is 0 Å². The summed E-state index contributed by atoms with van der Waals surface area (Å²) in [6.45, 7) is 0.936. The van der Waals surface area contributed by atoms with E-state index in [1.807, 2.05) is 0 Å². The number of azo groups is 1. The third-order valence-corrected chi connectivity index (χ3v) is 5.78. The number of nitrogens with one attached hydrogen (secondary N) is 1. The minimum Gasteiger partial charge on any atom is -0.503 e. The lowest BCUT2D eigenvalue weighted by molar-refractivity contribution is -0.119. The quantitative estimate of drug-likeness (QED) is 0.309. The molecule has 2 amide bonds. The van der Waals surface area contributed by atoms with Crippen molar-refractivity contribution in [1.82, 2.24) is 9.13 Å². The van der Waals surface area contributed by atoms with E-state index in [1.54, 1.807) is 24.3 Å². The van der Waals surface area contributed by atoms with Crippen molar-refractivity contribution in [3.05, 3.63) is 80.7 Å². The molecule has 0 atom stereocenters. The fraction of sp³-hybridized carbons (Fsp3) is 0.125. The van der Waals surface area contributed by atoms with Gasteiger partial charge >= 0.3 is 0 Å². The van der Waals surface area contributed by atoms with Crippen LogP contribution in [0, 0.1) is 6.92 Å². The van der Waals surface area contributed by atoms with Crippen LogP contribution in [0.3, 0.4) is 0 Å². The van der Waals surface area contributed by atoms with Crippen molar-refractivity contribution in [3.63, 3.8) is 0 Å². The second-order valence-corrected chi connectivity index (χ2v) is 8.69. The lowest BCUT2D eigenvalue weighted by Gasteiger charge is -2.09. The van der Waals surface area contributed by atoms with Gasteiger partial charge in [-0.2, -0.15) is 0 Å². The molecule has 12 heteroatoms. The van der Waals surface area contributed by atoms with Gasteiger partial charge in [0.2, 0.25) is 17.2 Å². The van der Waals surface area contributed by atoms with E-state index in [0.717, 1.165) is 6.07 Å². The number of para-hydroxylation sites is 1. The van der Waals surface area contributed by atoms with Crippen LogP contribution >= 0.6 is 23.2 Å². The Kier molecular flexibility index (Phi) is 7.09. The van der Waals surface area contributed by atoms with Gasteiger partial charge < -0.3 is 24.7 Å². The summed E-state index contributed by atoms with van der Waals surface area (Å²) in [5.41, 5.74) is 0.548. The number of carbonyl (C=O) groups excluding carboxylic acids is 2. The topological polar surface area (TPSA) is 138 Å². The Balaban J connectivity index is 1.58. The van der Waals surface area contributed by atoms with Gasteiger partial charge in [-0.15, -0.1) is 10.2 Å². The van der Waals surface area contributed by atoms with Gasteiger partial charge in [0.1, 0.15) is 13.1 Å².